The lowest BCUT2D eigenvalue weighted by Gasteiger charge is -2.39. The molecule has 0 aromatic rings. The van der Waals surface area contributed by atoms with Crippen LogP contribution < -0.4 is 5.32 Å². The van der Waals surface area contributed by atoms with E-state index in [9.17, 15) is 0 Å². The minimum absolute atomic E-state index is 0.446. The molecule has 3 unspecified atom stereocenters. The Balaban J connectivity index is 1.47. The van der Waals surface area contributed by atoms with E-state index in [0.717, 1.165) is 31.1 Å². The van der Waals surface area contributed by atoms with Gasteiger partial charge in [0, 0.05) is 18.0 Å². The number of fused-ring (bicyclic) bond motifs is 1. The van der Waals surface area contributed by atoms with Crippen molar-refractivity contribution in [1.29, 1.82) is 0 Å². The molecule has 0 aromatic carbocycles. The zero-order valence-corrected chi connectivity index (χ0v) is 9.09. The number of nitrogens with one attached hydrogen (secondary N) is 1. The molecule has 0 aromatic heterocycles. The van der Waals surface area contributed by atoms with Crippen molar-refractivity contribution >= 4 is 0 Å². The SMILES string of the molecule is CC1(CNC2CCCC3CC32)COC1. The Morgan fingerprint density at radius 2 is 2.21 bits per heavy atom. The predicted molar refractivity (Wildman–Crippen MR) is 56.2 cm³/mol. The maximum atomic E-state index is 5.28. The van der Waals surface area contributed by atoms with Gasteiger partial charge in [0.25, 0.3) is 0 Å². The Morgan fingerprint density at radius 3 is 2.93 bits per heavy atom. The molecule has 2 aliphatic carbocycles. The minimum Gasteiger partial charge on any atom is -0.380 e. The molecular formula is C12H21NO. The molecule has 1 saturated heterocycles. The van der Waals surface area contributed by atoms with Crippen molar-refractivity contribution in [2.45, 2.75) is 38.6 Å². The lowest BCUT2D eigenvalue weighted by Crippen LogP contribution is -2.50. The quantitative estimate of drug-likeness (QED) is 0.741. The highest BCUT2D eigenvalue weighted by atomic mass is 16.5. The molecule has 1 N–H and O–H groups in total. The van der Waals surface area contributed by atoms with Crippen LogP contribution in [-0.2, 0) is 4.74 Å². The molecule has 1 aliphatic heterocycles. The Morgan fingerprint density at radius 1 is 1.36 bits per heavy atom. The fourth-order valence-corrected chi connectivity index (χ4v) is 3.09. The fraction of sp³-hybridized carbons (Fsp3) is 1.00. The molecule has 3 rings (SSSR count). The van der Waals surface area contributed by atoms with Gasteiger partial charge in [-0.25, -0.2) is 0 Å². The van der Waals surface area contributed by atoms with Crippen molar-refractivity contribution in [3.05, 3.63) is 0 Å². The van der Waals surface area contributed by atoms with Crippen molar-refractivity contribution in [3.63, 3.8) is 0 Å². The van der Waals surface area contributed by atoms with Crippen molar-refractivity contribution < 1.29 is 4.74 Å². The fourth-order valence-electron chi connectivity index (χ4n) is 3.09. The third-order valence-electron chi connectivity index (χ3n) is 4.28. The van der Waals surface area contributed by atoms with Crippen molar-refractivity contribution in [3.8, 4) is 0 Å². The first-order valence-electron chi connectivity index (χ1n) is 6.08. The summed E-state index contributed by atoms with van der Waals surface area (Å²) in [6.45, 7) is 5.42. The summed E-state index contributed by atoms with van der Waals surface area (Å²) < 4.78 is 5.28. The molecule has 1 heterocycles. The van der Waals surface area contributed by atoms with Crippen LogP contribution in [0.15, 0.2) is 0 Å². The molecule has 2 saturated carbocycles. The topological polar surface area (TPSA) is 21.3 Å². The van der Waals surface area contributed by atoms with Crippen LogP contribution in [0, 0.1) is 17.3 Å². The van der Waals surface area contributed by atoms with Gasteiger partial charge in [-0.1, -0.05) is 19.8 Å². The van der Waals surface area contributed by atoms with Gasteiger partial charge in [0.1, 0.15) is 0 Å². The van der Waals surface area contributed by atoms with E-state index in [1.54, 1.807) is 0 Å². The van der Waals surface area contributed by atoms with Gasteiger partial charge in [0.2, 0.25) is 0 Å². The highest BCUT2D eigenvalue weighted by molar-refractivity contribution is 4.99. The molecule has 14 heavy (non-hydrogen) atoms. The predicted octanol–water partition coefficient (Wildman–Crippen LogP) is 1.80. The van der Waals surface area contributed by atoms with Gasteiger partial charge < -0.3 is 10.1 Å². The second-order valence-electron chi connectivity index (χ2n) is 5.88. The van der Waals surface area contributed by atoms with E-state index in [0.29, 0.717) is 5.41 Å². The Bertz CT molecular complexity index is 224. The van der Waals surface area contributed by atoms with Crippen LogP contribution in [0.3, 0.4) is 0 Å². The third-order valence-corrected chi connectivity index (χ3v) is 4.28. The minimum atomic E-state index is 0.446. The Hall–Kier alpha value is -0.0800. The summed E-state index contributed by atoms with van der Waals surface area (Å²) in [7, 11) is 0. The first-order valence-corrected chi connectivity index (χ1v) is 6.08. The molecule has 2 nitrogen and oxygen atoms in total. The van der Waals surface area contributed by atoms with E-state index in [2.05, 4.69) is 12.2 Å². The summed E-state index contributed by atoms with van der Waals surface area (Å²) in [5.74, 6) is 2.13. The van der Waals surface area contributed by atoms with Gasteiger partial charge >= 0.3 is 0 Å². The van der Waals surface area contributed by atoms with Crippen LogP contribution in [0.5, 0.6) is 0 Å². The standard InChI is InChI=1S/C12H21NO/c1-12(7-14-8-12)6-13-11-4-2-3-9-5-10(9)11/h9-11,13H,2-8H2,1H3. The maximum Gasteiger partial charge on any atom is 0.0554 e. The first-order chi connectivity index (χ1) is 6.77. The zero-order chi connectivity index (χ0) is 9.60. The summed E-state index contributed by atoms with van der Waals surface area (Å²) in [6, 6.07) is 0.839. The maximum absolute atomic E-state index is 5.28. The zero-order valence-electron chi connectivity index (χ0n) is 9.09. The van der Waals surface area contributed by atoms with Gasteiger partial charge in [-0.3, -0.25) is 0 Å². The normalized spacial score (nSPS) is 43.9. The monoisotopic (exact) mass is 195 g/mol. The third kappa shape index (κ3) is 1.59. The van der Waals surface area contributed by atoms with Crippen molar-refractivity contribution in [2.24, 2.45) is 17.3 Å². The molecule has 0 bridgehead atoms. The number of hydrogen-bond donors (Lipinski definition) is 1. The molecule has 0 spiro atoms. The molecule has 2 heteroatoms. The summed E-state index contributed by atoms with van der Waals surface area (Å²) in [4.78, 5) is 0. The van der Waals surface area contributed by atoms with Gasteiger partial charge in [-0.15, -0.1) is 0 Å². The van der Waals surface area contributed by atoms with Crippen LogP contribution >= 0.6 is 0 Å². The van der Waals surface area contributed by atoms with Crippen molar-refractivity contribution in [1.82, 2.24) is 5.32 Å². The van der Waals surface area contributed by atoms with Gasteiger partial charge in [-0.2, -0.15) is 0 Å². The first kappa shape index (κ1) is 9.17. The smallest absolute Gasteiger partial charge is 0.0554 e. The molecule has 3 aliphatic rings. The Labute approximate surface area is 86.4 Å². The summed E-state index contributed by atoms with van der Waals surface area (Å²) >= 11 is 0. The molecule has 3 fully saturated rings. The lowest BCUT2D eigenvalue weighted by molar-refractivity contribution is -0.100. The summed E-state index contributed by atoms with van der Waals surface area (Å²) in [6.07, 6.45) is 5.87. The van der Waals surface area contributed by atoms with E-state index in [-0.39, 0.29) is 0 Å². The molecule has 0 radical (unpaired) electrons. The van der Waals surface area contributed by atoms with Crippen LogP contribution in [0.2, 0.25) is 0 Å². The van der Waals surface area contributed by atoms with Crippen LogP contribution in [0.4, 0.5) is 0 Å². The number of hydrogen-bond acceptors (Lipinski definition) is 2. The van der Waals surface area contributed by atoms with E-state index in [1.165, 1.54) is 32.2 Å². The molecule has 80 valence electrons. The second kappa shape index (κ2) is 3.21. The second-order valence-corrected chi connectivity index (χ2v) is 5.88. The highest BCUT2D eigenvalue weighted by Gasteiger charge is 2.45. The average molecular weight is 195 g/mol. The number of ether oxygens (including phenoxy) is 1. The van der Waals surface area contributed by atoms with E-state index < -0.39 is 0 Å². The van der Waals surface area contributed by atoms with Crippen LogP contribution in [0.25, 0.3) is 0 Å². The lowest BCUT2D eigenvalue weighted by atomic mass is 9.87. The molecule has 3 atom stereocenters. The molecule has 0 amide bonds. The van der Waals surface area contributed by atoms with Crippen LogP contribution in [0.1, 0.15) is 32.6 Å². The van der Waals surface area contributed by atoms with Gasteiger partial charge in [0.15, 0.2) is 0 Å². The number of rotatable bonds is 3. The van der Waals surface area contributed by atoms with Crippen molar-refractivity contribution in [2.75, 3.05) is 19.8 Å². The van der Waals surface area contributed by atoms with E-state index in [4.69, 9.17) is 4.74 Å². The molecular weight excluding hydrogens is 174 g/mol. The van der Waals surface area contributed by atoms with Crippen LogP contribution in [-0.4, -0.2) is 25.8 Å². The van der Waals surface area contributed by atoms with E-state index >= 15 is 0 Å². The Kier molecular flexibility index (Phi) is 2.10. The highest BCUT2D eigenvalue weighted by Crippen LogP contribution is 2.49. The average Bonchev–Trinajstić information content (AvgIpc) is 2.90. The van der Waals surface area contributed by atoms with Gasteiger partial charge in [0.05, 0.1) is 13.2 Å². The largest absolute Gasteiger partial charge is 0.380 e. The van der Waals surface area contributed by atoms with E-state index in [1.807, 2.05) is 0 Å². The summed E-state index contributed by atoms with van der Waals surface area (Å²) in [5, 5.41) is 3.78. The van der Waals surface area contributed by atoms with Gasteiger partial charge in [-0.05, 0) is 24.7 Å². The summed E-state index contributed by atoms with van der Waals surface area (Å²) in [5.41, 5.74) is 0.446.